The molecule has 1 aliphatic heterocycles. The lowest BCUT2D eigenvalue weighted by molar-refractivity contribution is 0.632. The quantitative estimate of drug-likeness (QED) is 0.167. The summed E-state index contributed by atoms with van der Waals surface area (Å²) in [5.74, 6) is 0. The Kier molecular flexibility index (Phi) is 8.28. The van der Waals surface area contributed by atoms with Gasteiger partial charge in [0.25, 0.3) is 0 Å². The minimum absolute atomic E-state index is 0.125. The van der Waals surface area contributed by atoms with Crippen molar-refractivity contribution in [3.8, 4) is 11.1 Å². The second-order valence-electron chi connectivity index (χ2n) is 14.9. The molecule has 7 aromatic carbocycles. The highest BCUT2D eigenvalue weighted by atomic mass is 32.1. The number of thiophene rings is 2. The highest BCUT2D eigenvalue weighted by Crippen LogP contribution is 2.53. The van der Waals surface area contributed by atoms with Crippen LogP contribution in [0.5, 0.6) is 0 Å². The van der Waals surface area contributed by atoms with Crippen molar-refractivity contribution in [3.05, 3.63) is 191 Å². The molecule has 0 radical (unpaired) electrons. The zero-order valence-electron chi connectivity index (χ0n) is 31.7. The van der Waals surface area contributed by atoms with Crippen LogP contribution in [0.15, 0.2) is 170 Å². The average Bonchev–Trinajstić information content (AvgIpc) is 3.80. The Morgan fingerprint density at radius 3 is 1.98 bits per heavy atom. The molecule has 0 spiro atoms. The van der Waals surface area contributed by atoms with Crippen LogP contribution in [0, 0.1) is 0 Å². The number of para-hydroxylation sites is 3. The first-order valence-corrected chi connectivity index (χ1v) is 20.8. The molecular weight excluding hydrogens is 717 g/mol. The monoisotopic (exact) mass is 756 g/mol. The zero-order valence-corrected chi connectivity index (χ0v) is 33.3. The highest BCUT2D eigenvalue weighted by molar-refractivity contribution is 7.26. The summed E-state index contributed by atoms with van der Waals surface area (Å²) in [6, 6.07) is 58.1. The van der Waals surface area contributed by atoms with Gasteiger partial charge in [-0.1, -0.05) is 130 Å². The van der Waals surface area contributed by atoms with Crippen LogP contribution in [0.4, 0.5) is 34.1 Å². The third kappa shape index (κ3) is 5.36. The molecule has 10 rings (SSSR count). The molecule has 0 bridgehead atoms. The third-order valence-electron chi connectivity index (χ3n) is 11.4. The van der Waals surface area contributed by atoms with Crippen molar-refractivity contribution in [2.75, 3.05) is 9.80 Å². The van der Waals surface area contributed by atoms with Crippen molar-refractivity contribution in [2.24, 2.45) is 0 Å². The Labute approximate surface area is 335 Å². The van der Waals surface area contributed by atoms with E-state index >= 15 is 0 Å². The number of hydrogen-bond donors (Lipinski definition) is 0. The van der Waals surface area contributed by atoms with E-state index in [2.05, 4.69) is 207 Å². The molecule has 0 unspecified atom stereocenters. The SMILES string of the molecule is C=C/C=c1\c(=C/C)sc2cccc(N(c3ccccc3)c3ccc(-c4cc(N5c6ccccc6C(C)(C)c6ccccc65)cc5c4sc4ccccc45)cc3)c12. The van der Waals surface area contributed by atoms with E-state index in [9.17, 15) is 0 Å². The third-order valence-corrected chi connectivity index (χ3v) is 13.8. The maximum Gasteiger partial charge on any atom is 0.0554 e. The Bertz CT molecular complexity index is 3040. The van der Waals surface area contributed by atoms with Crippen LogP contribution in [0.3, 0.4) is 0 Å². The number of fused-ring (bicyclic) bond motifs is 6. The zero-order chi connectivity index (χ0) is 38.0. The smallest absolute Gasteiger partial charge is 0.0554 e. The largest absolute Gasteiger partial charge is 0.310 e. The van der Waals surface area contributed by atoms with Crippen LogP contribution < -0.4 is 19.6 Å². The van der Waals surface area contributed by atoms with Crippen LogP contribution in [-0.2, 0) is 5.41 Å². The topological polar surface area (TPSA) is 6.48 Å². The van der Waals surface area contributed by atoms with Crippen molar-refractivity contribution < 1.29 is 0 Å². The van der Waals surface area contributed by atoms with Crippen molar-refractivity contribution in [1.82, 2.24) is 0 Å². The average molecular weight is 757 g/mol. The van der Waals surface area contributed by atoms with Gasteiger partial charge >= 0.3 is 0 Å². The summed E-state index contributed by atoms with van der Waals surface area (Å²) < 4.78 is 5.12. The standard InChI is InChI=1S/C52H40N2S2/c1-5-17-39-47(6-2)55-49-27-16-25-46(50(39)49)53(35-18-8-7-9-19-35)36-30-28-34(29-31-36)40-32-37(33-41-38-20-10-15-26-48(38)56-51(40)41)54-44-23-13-11-21-42(44)52(3,4)43-22-12-14-24-45(43)54/h5-33H,1H2,2-4H3/b39-17+,47-6+. The number of allylic oxidation sites excluding steroid dienone is 1. The van der Waals surface area contributed by atoms with Gasteiger partial charge in [-0.2, -0.15) is 0 Å². The van der Waals surface area contributed by atoms with Crippen molar-refractivity contribution in [3.63, 3.8) is 0 Å². The van der Waals surface area contributed by atoms with E-state index in [1.54, 1.807) is 0 Å². The molecule has 9 aromatic rings. The Hall–Kier alpha value is -6.20. The van der Waals surface area contributed by atoms with E-state index in [4.69, 9.17) is 0 Å². The van der Waals surface area contributed by atoms with E-state index < -0.39 is 0 Å². The second kappa shape index (κ2) is 13.5. The van der Waals surface area contributed by atoms with Crippen LogP contribution in [-0.4, -0.2) is 0 Å². The number of benzene rings is 7. The van der Waals surface area contributed by atoms with E-state index in [1.807, 2.05) is 28.7 Å². The molecule has 2 nitrogen and oxygen atoms in total. The first-order chi connectivity index (χ1) is 27.5. The first-order valence-electron chi connectivity index (χ1n) is 19.2. The molecule has 0 saturated carbocycles. The lowest BCUT2D eigenvalue weighted by atomic mass is 9.73. The summed E-state index contributed by atoms with van der Waals surface area (Å²) in [6.45, 7) is 10.9. The van der Waals surface area contributed by atoms with Gasteiger partial charge in [0, 0.05) is 68.1 Å². The van der Waals surface area contributed by atoms with Crippen LogP contribution >= 0.6 is 22.7 Å². The van der Waals surface area contributed by atoms with Crippen LogP contribution in [0.25, 0.3) is 53.5 Å². The molecule has 3 heterocycles. The summed E-state index contributed by atoms with van der Waals surface area (Å²) in [6.07, 6.45) is 6.25. The van der Waals surface area contributed by atoms with Gasteiger partial charge in [0.1, 0.15) is 0 Å². The van der Waals surface area contributed by atoms with E-state index in [1.165, 1.54) is 79.3 Å². The Morgan fingerprint density at radius 2 is 1.27 bits per heavy atom. The van der Waals surface area contributed by atoms with Crippen molar-refractivity contribution >= 4 is 99.2 Å². The number of rotatable bonds is 6. The molecule has 0 fully saturated rings. The van der Waals surface area contributed by atoms with E-state index in [0.717, 1.165) is 17.1 Å². The summed E-state index contributed by atoms with van der Waals surface area (Å²) in [5.41, 5.74) is 12.0. The van der Waals surface area contributed by atoms with Gasteiger partial charge in [0.2, 0.25) is 0 Å². The van der Waals surface area contributed by atoms with Gasteiger partial charge in [0.15, 0.2) is 0 Å². The van der Waals surface area contributed by atoms with Crippen molar-refractivity contribution in [2.45, 2.75) is 26.2 Å². The van der Waals surface area contributed by atoms with E-state index in [0.29, 0.717) is 0 Å². The highest BCUT2D eigenvalue weighted by Gasteiger charge is 2.36. The molecule has 0 saturated heterocycles. The summed E-state index contributed by atoms with van der Waals surface area (Å²) in [7, 11) is 0. The molecular formula is C52H40N2S2. The van der Waals surface area contributed by atoms with Crippen molar-refractivity contribution in [1.29, 1.82) is 0 Å². The Morgan fingerprint density at radius 1 is 0.625 bits per heavy atom. The lowest BCUT2D eigenvalue weighted by Crippen LogP contribution is -2.30. The number of hydrogen-bond acceptors (Lipinski definition) is 4. The molecule has 0 atom stereocenters. The predicted octanol–water partition coefficient (Wildman–Crippen LogP) is 14.3. The number of nitrogens with zero attached hydrogens (tertiary/aromatic N) is 2. The maximum atomic E-state index is 4.07. The van der Waals surface area contributed by atoms with Gasteiger partial charge < -0.3 is 9.80 Å². The molecule has 0 aliphatic carbocycles. The molecule has 0 N–H and O–H groups in total. The van der Waals surface area contributed by atoms with Crippen LogP contribution in [0.1, 0.15) is 31.9 Å². The fourth-order valence-corrected chi connectivity index (χ4v) is 11.1. The minimum atomic E-state index is -0.125. The maximum absolute atomic E-state index is 4.07. The summed E-state index contributed by atoms with van der Waals surface area (Å²) >= 11 is 3.71. The molecule has 2 aromatic heterocycles. The van der Waals surface area contributed by atoms with Gasteiger partial charge in [0.05, 0.1) is 17.1 Å². The van der Waals surface area contributed by atoms with Gasteiger partial charge in [-0.15, -0.1) is 22.7 Å². The molecule has 4 heteroatoms. The minimum Gasteiger partial charge on any atom is -0.310 e. The normalized spacial score (nSPS) is 14.0. The lowest BCUT2D eigenvalue weighted by Gasteiger charge is -2.42. The Balaban J connectivity index is 1.18. The molecule has 270 valence electrons. The van der Waals surface area contributed by atoms with Gasteiger partial charge in [-0.05, 0) is 90.3 Å². The fourth-order valence-electron chi connectivity index (χ4n) is 8.75. The summed E-state index contributed by atoms with van der Waals surface area (Å²) in [5, 5.41) is 5.03. The summed E-state index contributed by atoms with van der Waals surface area (Å²) in [4.78, 5) is 4.88. The van der Waals surface area contributed by atoms with Gasteiger partial charge in [-0.25, -0.2) is 0 Å². The molecule has 0 amide bonds. The number of anilines is 6. The predicted molar refractivity (Wildman–Crippen MR) is 246 cm³/mol. The second-order valence-corrected chi connectivity index (χ2v) is 17.0. The van der Waals surface area contributed by atoms with E-state index in [-0.39, 0.29) is 5.41 Å². The first kappa shape index (κ1) is 34.3. The fraction of sp³-hybridized carbons (Fsp3) is 0.0769. The van der Waals surface area contributed by atoms with Crippen LogP contribution in [0.2, 0.25) is 0 Å². The molecule has 1 aliphatic rings. The molecule has 56 heavy (non-hydrogen) atoms. The van der Waals surface area contributed by atoms with Gasteiger partial charge in [-0.3, -0.25) is 0 Å².